The lowest BCUT2D eigenvalue weighted by Gasteiger charge is -2.39. The number of amides is 2. The van der Waals surface area contributed by atoms with Crippen molar-refractivity contribution in [3.05, 3.63) is 35.9 Å². The maximum atomic E-state index is 13.5. The number of aliphatic hydroxyl groups is 1. The standard InChI is InChI=1S/C24H38N2O5/c1-17(21(27)19-9-7-6-8-10-19)25(5)22(28)20(15-18-11-13-31-14-12-18)16-26(23(29)30)24(2,3)4/h6-10,17-18,20-21,27H,11-16H2,1-5H3,(H,29,30)/t17-,20+,21+/m1/s1. The maximum Gasteiger partial charge on any atom is 0.407 e. The minimum absolute atomic E-state index is 0.132. The molecular formula is C24H38N2O5. The van der Waals surface area contributed by atoms with E-state index in [0.717, 1.165) is 18.4 Å². The fraction of sp³-hybridized carbons (Fsp3) is 0.667. The van der Waals surface area contributed by atoms with E-state index in [-0.39, 0.29) is 12.5 Å². The predicted octanol–water partition coefficient (Wildman–Crippen LogP) is 3.78. The molecule has 0 aliphatic carbocycles. The number of aliphatic hydroxyl groups excluding tert-OH is 1. The molecule has 0 unspecified atom stereocenters. The van der Waals surface area contributed by atoms with Crippen molar-refractivity contribution in [1.82, 2.24) is 9.80 Å². The lowest BCUT2D eigenvalue weighted by Crippen LogP contribution is -2.51. The second-order valence-electron chi connectivity index (χ2n) is 9.60. The predicted molar refractivity (Wildman–Crippen MR) is 120 cm³/mol. The molecule has 3 atom stereocenters. The van der Waals surface area contributed by atoms with Crippen LogP contribution in [0.3, 0.4) is 0 Å². The molecule has 0 radical (unpaired) electrons. The highest BCUT2D eigenvalue weighted by Gasteiger charge is 2.36. The van der Waals surface area contributed by atoms with Gasteiger partial charge in [0, 0.05) is 32.3 Å². The van der Waals surface area contributed by atoms with E-state index in [1.807, 2.05) is 58.0 Å². The van der Waals surface area contributed by atoms with Crippen LogP contribution in [0.2, 0.25) is 0 Å². The van der Waals surface area contributed by atoms with Crippen LogP contribution in [0, 0.1) is 11.8 Å². The van der Waals surface area contributed by atoms with Crippen molar-refractivity contribution in [2.75, 3.05) is 26.8 Å². The molecule has 1 aromatic rings. The number of nitrogens with zero attached hydrogens (tertiary/aromatic N) is 2. The summed E-state index contributed by atoms with van der Waals surface area (Å²) in [5, 5.41) is 20.6. The van der Waals surface area contributed by atoms with Crippen LogP contribution in [0.4, 0.5) is 4.79 Å². The van der Waals surface area contributed by atoms with Crippen LogP contribution in [0.25, 0.3) is 0 Å². The van der Waals surface area contributed by atoms with Gasteiger partial charge in [0.1, 0.15) is 0 Å². The molecule has 1 aliphatic rings. The third-order valence-corrected chi connectivity index (χ3v) is 6.31. The van der Waals surface area contributed by atoms with E-state index in [4.69, 9.17) is 4.74 Å². The molecule has 0 spiro atoms. The largest absolute Gasteiger partial charge is 0.465 e. The highest BCUT2D eigenvalue weighted by atomic mass is 16.5. The number of ether oxygens (including phenoxy) is 1. The SMILES string of the molecule is C[C@H]([C@H](O)c1ccccc1)N(C)C(=O)[C@@H](CC1CCOCC1)CN(C(=O)O)C(C)(C)C. The van der Waals surface area contributed by atoms with Crippen LogP contribution < -0.4 is 0 Å². The average Bonchev–Trinajstić information content (AvgIpc) is 2.74. The van der Waals surface area contributed by atoms with Crippen molar-refractivity contribution in [1.29, 1.82) is 0 Å². The summed E-state index contributed by atoms with van der Waals surface area (Å²) in [4.78, 5) is 28.4. The van der Waals surface area contributed by atoms with Gasteiger partial charge in [-0.3, -0.25) is 4.79 Å². The minimum atomic E-state index is -1.03. The van der Waals surface area contributed by atoms with Crippen LogP contribution in [-0.2, 0) is 9.53 Å². The Morgan fingerprint density at radius 3 is 2.26 bits per heavy atom. The van der Waals surface area contributed by atoms with E-state index >= 15 is 0 Å². The fourth-order valence-corrected chi connectivity index (χ4v) is 4.13. The molecule has 1 fully saturated rings. The first-order valence-corrected chi connectivity index (χ1v) is 11.1. The van der Waals surface area contributed by atoms with E-state index in [1.54, 1.807) is 11.9 Å². The van der Waals surface area contributed by atoms with Gasteiger partial charge >= 0.3 is 6.09 Å². The topological polar surface area (TPSA) is 90.3 Å². The van der Waals surface area contributed by atoms with Crippen LogP contribution in [0.15, 0.2) is 30.3 Å². The molecule has 2 rings (SSSR count). The summed E-state index contributed by atoms with van der Waals surface area (Å²) in [5.74, 6) is -0.292. The number of likely N-dealkylation sites (N-methyl/N-ethyl adjacent to an activating group) is 1. The quantitative estimate of drug-likeness (QED) is 0.650. The molecule has 7 nitrogen and oxygen atoms in total. The number of carboxylic acid groups (broad SMARTS) is 1. The van der Waals surface area contributed by atoms with Gasteiger partial charge in [0.05, 0.1) is 18.1 Å². The van der Waals surface area contributed by atoms with Crippen LogP contribution in [0.1, 0.15) is 58.6 Å². The first-order valence-electron chi connectivity index (χ1n) is 11.1. The number of hydrogen-bond acceptors (Lipinski definition) is 4. The number of carbonyl (C=O) groups excluding carboxylic acids is 1. The second kappa shape index (κ2) is 11.0. The molecule has 1 aliphatic heterocycles. The van der Waals surface area contributed by atoms with Gasteiger partial charge in [-0.15, -0.1) is 0 Å². The molecule has 7 heteroatoms. The Kier molecular flexibility index (Phi) is 8.89. The molecule has 1 aromatic carbocycles. The molecule has 174 valence electrons. The first-order chi connectivity index (χ1) is 14.5. The van der Waals surface area contributed by atoms with Crippen molar-refractivity contribution >= 4 is 12.0 Å². The van der Waals surface area contributed by atoms with Crippen molar-refractivity contribution in [2.24, 2.45) is 11.8 Å². The van der Waals surface area contributed by atoms with Crippen molar-refractivity contribution in [3.8, 4) is 0 Å². The summed E-state index contributed by atoms with van der Waals surface area (Å²) in [6.45, 7) is 8.81. The molecule has 1 heterocycles. The van der Waals surface area contributed by atoms with E-state index < -0.39 is 29.7 Å². The van der Waals surface area contributed by atoms with Gasteiger partial charge in [-0.25, -0.2) is 4.79 Å². The van der Waals surface area contributed by atoms with E-state index in [1.165, 1.54) is 4.90 Å². The summed E-state index contributed by atoms with van der Waals surface area (Å²) in [6, 6.07) is 8.83. The zero-order valence-corrected chi connectivity index (χ0v) is 19.5. The molecule has 31 heavy (non-hydrogen) atoms. The normalized spacial score (nSPS) is 18.1. The molecule has 0 bridgehead atoms. The molecule has 0 aromatic heterocycles. The first kappa shape index (κ1) is 25.1. The van der Waals surface area contributed by atoms with Gasteiger partial charge in [0.2, 0.25) is 5.91 Å². The Labute approximate surface area is 186 Å². The lowest BCUT2D eigenvalue weighted by atomic mass is 9.86. The molecular weight excluding hydrogens is 396 g/mol. The lowest BCUT2D eigenvalue weighted by molar-refractivity contribution is -0.140. The third kappa shape index (κ3) is 6.94. The van der Waals surface area contributed by atoms with Crippen molar-refractivity contribution in [2.45, 2.75) is 64.6 Å². The molecule has 2 amide bonds. The second-order valence-corrected chi connectivity index (χ2v) is 9.60. The van der Waals surface area contributed by atoms with Crippen molar-refractivity contribution in [3.63, 3.8) is 0 Å². The third-order valence-electron chi connectivity index (χ3n) is 6.31. The number of carbonyl (C=O) groups is 2. The smallest absolute Gasteiger partial charge is 0.407 e. The number of hydrogen-bond donors (Lipinski definition) is 2. The Balaban J connectivity index is 2.21. The monoisotopic (exact) mass is 434 g/mol. The van der Waals surface area contributed by atoms with Gasteiger partial charge in [-0.2, -0.15) is 0 Å². The van der Waals surface area contributed by atoms with E-state index in [0.29, 0.717) is 25.6 Å². The number of benzene rings is 1. The summed E-state index contributed by atoms with van der Waals surface area (Å²) >= 11 is 0. The molecule has 0 saturated carbocycles. The van der Waals surface area contributed by atoms with Crippen molar-refractivity contribution < 1.29 is 24.5 Å². The van der Waals surface area contributed by atoms with Gasteiger partial charge in [-0.05, 0) is 58.4 Å². The Morgan fingerprint density at radius 1 is 1.16 bits per heavy atom. The van der Waals surface area contributed by atoms with Gasteiger partial charge in [0.15, 0.2) is 0 Å². The van der Waals surface area contributed by atoms with E-state index in [2.05, 4.69) is 0 Å². The van der Waals surface area contributed by atoms with Gasteiger partial charge in [-0.1, -0.05) is 30.3 Å². The zero-order valence-electron chi connectivity index (χ0n) is 19.5. The summed E-state index contributed by atoms with van der Waals surface area (Å²) in [7, 11) is 1.69. The molecule has 1 saturated heterocycles. The zero-order chi connectivity index (χ0) is 23.2. The van der Waals surface area contributed by atoms with Gasteiger partial charge < -0.3 is 24.7 Å². The van der Waals surface area contributed by atoms with Crippen LogP contribution >= 0.6 is 0 Å². The Morgan fingerprint density at radius 2 is 1.74 bits per heavy atom. The van der Waals surface area contributed by atoms with E-state index in [9.17, 15) is 19.8 Å². The molecule has 2 N–H and O–H groups in total. The summed E-state index contributed by atoms with van der Waals surface area (Å²) in [6.07, 6.45) is 0.506. The van der Waals surface area contributed by atoms with Crippen LogP contribution in [-0.4, -0.2) is 70.4 Å². The highest BCUT2D eigenvalue weighted by Crippen LogP contribution is 2.28. The minimum Gasteiger partial charge on any atom is -0.465 e. The Hall–Kier alpha value is -2.12. The maximum absolute atomic E-state index is 13.5. The fourth-order valence-electron chi connectivity index (χ4n) is 4.13. The average molecular weight is 435 g/mol. The highest BCUT2D eigenvalue weighted by molar-refractivity contribution is 5.80. The van der Waals surface area contributed by atoms with Crippen LogP contribution in [0.5, 0.6) is 0 Å². The van der Waals surface area contributed by atoms with Gasteiger partial charge in [0.25, 0.3) is 0 Å². The number of rotatable bonds is 8. The Bertz CT molecular complexity index is 712. The summed E-state index contributed by atoms with van der Waals surface area (Å²) < 4.78 is 5.45. The summed E-state index contributed by atoms with van der Waals surface area (Å²) in [5.41, 5.74) is 0.130.